The third kappa shape index (κ3) is 2.23. The molecule has 4 heteroatoms. The summed E-state index contributed by atoms with van der Waals surface area (Å²) in [4.78, 5) is 11.6. The van der Waals surface area contributed by atoms with Crippen LogP contribution in [-0.4, -0.2) is 17.7 Å². The van der Waals surface area contributed by atoms with Gasteiger partial charge in [0.2, 0.25) is 0 Å². The van der Waals surface area contributed by atoms with Crippen LogP contribution in [0.15, 0.2) is 12.1 Å². The molecule has 0 aromatic heterocycles. The van der Waals surface area contributed by atoms with Gasteiger partial charge in [-0.2, -0.15) is 0 Å². The third-order valence-electron chi connectivity index (χ3n) is 3.19. The standard InChI is InChI=1S/C13H14BrFO2/c1-13(2)3-4-17-12-9(13)5-8(6-10(12)15)11(16)7-14/h5-6H,3-4,7H2,1-2H3. The largest absolute Gasteiger partial charge is 0.490 e. The van der Waals surface area contributed by atoms with Crippen molar-refractivity contribution in [1.82, 2.24) is 0 Å². The van der Waals surface area contributed by atoms with Crippen LogP contribution in [0.1, 0.15) is 36.2 Å². The van der Waals surface area contributed by atoms with Gasteiger partial charge in [0.1, 0.15) is 0 Å². The molecule has 0 saturated carbocycles. The van der Waals surface area contributed by atoms with E-state index in [-0.39, 0.29) is 16.5 Å². The summed E-state index contributed by atoms with van der Waals surface area (Å²) in [5.41, 5.74) is 1.03. The molecule has 1 aromatic carbocycles. The SMILES string of the molecule is CC1(C)CCOc2c(F)cc(C(=O)CBr)cc21. The summed E-state index contributed by atoms with van der Waals surface area (Å²) < 4.78 is 19.2. The Morgan fingerprint density at radius 2 is 2.24 bits per heavy atom. The highest BCUT2D eigenvalue weighted by Gasteiger charge is 2.31. The Morgan fingerprint density at radius 3 is 2.88 bits per heavy atom. The van der Waals surface area contributed by atoms with Gasteiger partial charge in [-0.05, 0) is 24.0 Å². The lowest BCUT2D eigenvalue weighted by molar-refractivity contribution is 0.102. The van der Waals surface area contributed by atoms with Gasteiger partial charge in [0, 0.05) is 11.1 Å². The lowest BCUT2D eigenvalue weighted by atomic mass is 9.79. The van der Waals surface area contributed by atoms with Gasteiger partial charge in [0.05, 0.1) is 11.9 Å². The fourth-order valence-electron chi connectivity index (χ4n) is 2.02. The molecular formula is C13H14BrFO2. The van der Waals surface area contributed by atoms with Crippen LogP contribution in [0.5, 0.6) is 5.75 Å². The molecule has 0 spiro atoms. The Bertz CT molecular complexity index is 469. The molecule has 17 heavy (non-hydrogen) atoms. The summed E-state index contributed by atoms with van der Waals surface area (Å²) in [5.74, 6) is -0.264. The number of carbonyl (C=O) groups excluding carboxylic acids is 1. The Hall–Kier alpha value is -0.900. The van der Waals surface area contributed by atoms with Gasteiger partial charge in [-0.15, -0.1) is 0 Å². The number of carbonyl (C=O) groups is 1. The van der Waals surface area contributed by atoms with Crippen LogP contribution in [-0.2, 0) is 5.41 Å². The minimum atomic E-state index is -0.445. The van der Waals surface area contributed by atoms with Gasteiger partial charge in [-0.25, -0.2) is 4.39 Å². The van der Waals surface area contributed by atoms with Crippen molar-refractivity contribution in [2.75, 3.05) is 11.9 Å². The predicted molar refractivity (Wildman–Crippen MR) is 67.7 cm³/mol. The minimum absolute atomic E-state index is 0.118. The average molecular weight is 301 g/mol. The molecule has 0 N–H and O–H groups in total. The number of fused-ring (bicyclic) bond motifs is 1. The molecule has 0 saturated heterocycles. The Morgan fingerprint density at radius 1 is 1.53 bits per heavy atom. The van der Waals surface area contributed by atoms with Crippen molar-refractivity contribution in [2.45, 2.75) is 25.7 Å². The molecule has 0 unspecified atom stereocenters. The zero-order valence-corrected chi connectivity index (χ0v) is 11.4. The van der Waals surface area contributed by atoms with Crippen molar-refractivity contribution in [1.29, 1.82) is 0 Å². The van der Waals surface area contributed by atoms with Gasteiger partial charge in [-0.1, -0.05) is 29.8 Å². The molecule has 0 bridgehead atoms. The number of Topliss-reactive ketones (excluding diaryl/α,β-unsaturated/α-hetero) is 1. The first-order chi connectivity index (χ1) is 7.95. The number of ether oxygens (including phenoxy) is 1. The zero-order valence-electron chi connectivity index (χ0n) is 9.85. The number of rotatable bonds is 2. The molecule has 1 aliphatic heterocycles. The molecule has 2 rings (SSSR count). The Labute approximate surface area is 108 Å². The van der Waals surface area contributed by atoms with Crippen molar-refractivity contribution in [3.05, 3.63) is 29.1 Å². The van der Waals surface area contributed by atoms with Crippen LogP contribution in [0.4, 0.5) is 4.39 Å². The summed E-state index contributed by atoms with van der Waals surface area (Å²) in [6.45, 7) is 4.59. The van der Waals surface area contributed by atoms with Crippen LogP contribution < -0.4 is 4.74 Å². The summed E-state index contributed by atoms with van der Waals surface area (Å²) in [5, 5.41) is 0.201. The Balaban J connectivity index is 2.58. The first-order valence-electron chi connectivity index (χ1n) is 5.51. The molecule has 1 aromatic rings. The number of hydrogen-bond donors (Lipinski definition) is 0. The van der Waals surface area contributed by atoms with Gasteiger partial charge < -0.3 is 4.74 Å². The van der Waals surface area contributed by atoms with Gasteiger partial charge in [-0.3, -0.25) is 4.79 Å². The molecule has 0 atom stereocenters. The first-order valence-corrected chi connectivity index (χ1v) is 6.64. The maximum Gasteiger partial charge on any atom is 0.173 e. The molecule has 2 nitrogen and oxygen atoms in total. The minimum Gasteiger partial charge on any atom is -0.490 e. The second-order valence-electron chi connectivity index (χ2n) is 4.87. The van der Waals surface area contributed by atoms with Crippen molar-refractivity contribution in [2.24, 2.45) is 0 Å². The number of hydrogen-bond acceptors (Lipinski definition) is 2. The molecule has 0 amide bonds. The number of ketones is 1. The quantitative estimate of drug-likeness (QED) is 0.617. The van der Waals surface area contributed by atoms with E-state index in [1.54, 1.807) is 6.07 Å². The summed E-state index contributed by atoms with van der Waals surface area (Å²) >= 11 is 3.10. The van der Waals surface area contributed by atoms with E-state index in [1.807, 2.05) is 13.8 Å². The fraction of sp³-hybridized carbons (Fsp3) is 0.462. The molecule has 1 heterocycles. The number of halogens is 2. The number of benzene rings is 1. The predicted octanol–water partition coefficient (Wildman–Crippen LogP) is 3.46. The second-order valence-corrected chi connectivity index (χ2v) is 5.43. The lowest BCUT2D eigenvalue weighted by Gasteiger charge is -2.32. The van der Waals surface area contributed by atoms with Crippen LogP contribution in [0.25, 0.3) is 0 Å². The second kappa shape index (κ2) is 4.41. The topological polar surface area (TPSA) is 26.3 Å². The van der Waals surface area contributed by atoms with E-state index in [4.69, 9.17) is 4.74 Å². The summed E-state index contributed by atoms with van der Waals surface area (Å²) in [7, 11) is 0. The molecule has 0 radical (unpaired) electrons. The van der Waals surface area contributed by atoms with Crippen molar-refractivity contribution >= 4 is 21.7 Å². The molecular weight excluding hydrogens is 287 g/mol. The lowest BCUT2D eigenvalue weighted by Crippen LogP contribution is -2.27. The molecule has 0 aliphatic carbocycles. The van der Waals surface area contributed by atoms with Gasteiger partial charge in [0.15, 0.2) is 17.3 Å². The van der Waals surface area contributed by atoms with Crippen LogP contribution in [0.3, 0.4) is 0 Å². The molecule has 0 fully saturated rings. The maximum absolute atomic E-state index is 13.9. The summed E-state index contributed by atoms with van der Waals surface area (Å²) in [6.07, 6.45) is 0.825. The fourth-order valence-corrected chi connectivity index (χ4v) is 2.35. The van der Waals surface area contributed by atoms with E-state index in [9.17, 15) is 9.18 Å². The van der Waals surface area contributed by atoms with Crippen LogP contribution >= 0.6 is 15.9 Å². The van der Waals surface area contributed by atoms with E-state index in [0.29, 0.717) is 17.9 Å². The molecule has 92 valence electrons. The highest BCUT2D eigenvalue weighted by molar-refractivity contribution is 9.09. The van der Waals surface area contributed by atoms with Crippen LogP contribution in [0, 0.1) is 5.82 Å². The highest BCUT2D eigenvalue weighted by atomic mass is 79.9. The van der Waals surface area contributed by atoms with E-state index >= 15 is 0 Å². The Kier molecular flexibility index (Phi) is 3.25. The normalized spacial score (nSPS) is 17.2. The number of alkyl halides is 1. The van der Waals surface area contributed by atoms with Crippen molar-refractivity contribution < 1.29 is 13.9 Å². The van der Waals surface area contributed by atoms with E-state index in [1.165, 1.54) is 6.07 Å². The highest BCUT2D eigenvalue weighted by Crippen LogP contribution is 2.40. The van der Waals surface area contributed by atoms with E-state index in [2.05, 4.69) is 15.9 Å². The monoisotopic (exact) mass is 300 g/mol. The van der Waals surface area contributed by atoms with Gasteiger partial charge >= 0.3 is 0 Å². The molecule has 1 aliphatic rings. The maximum atomic E-state index is 13.9. The van der Waals surface area contributed by atoms with Crippen molar-refractivity contribution in [3.8, 4) is 5.75 Å². The summed E-state index contributed by atoms with van der Waals surface area (Å²) in [6, 6.07) is 3.00. The van der Waals surface area contributed by atoms with E-state index < -0.39 is 5.82 Å². The first kappa shape index (κ1) is 12.6. The third-order valence-corrected chi connectivity index (χ3v) is 3.70. The van der Waals surface area contributed by atoms with Gasteiger partial charge in [0.25, 0.3) is 0 Å². The smallest absolute Gasteiger partial charge is 0.173 e. The van der Waals surface area contributed by atoms with Crippen LogP contribution in [0.2, 0.25) is 0 Å². The van der Waals surface area contributed by atoms with E-state index in [0.717, 1.165) is 12.0 Å². The zero-order chi connectivity index (χ0) is 12.6. The van der Waals surface area contributed by atoms with Crippen molar-refractivity contribution in [3.63, 3.8) is 0 Å². The average Bonchev–Trinajstić information content (AvgIpc) is 2.28.